The van der Waals surface area contributed by atoms with Crippen molar-refractivity contribution < 1.29 is 42.5 Å². The van der Waals surface area contributed by atoms with Crippen LogP contribution in [-0.2, 0) is 20.4 Å². The second-order valence-corrected chi connectivity index (χ2v) is 13.4. The Morgan fingerprint density at radius 3 is 1.98 bits per heavy atom. The van der Waals surface area contributed by atoms with Gasteiger partial charge in [0.1, 0.15) is 11.5 Å². The minimum Gasteiger partial charge on any atom is -0.746 e. The first-order valence-corrected chi connectivity index (χ1v) is 17.3. The predicted octanol–water partition coefficient (Wildman–Crippen LogP) is 5.42. The number of allylic oxidation sites excluding steroid dienone is 1. The molecule has 2 aromatic rings. The first kappa shape index (κ1) is 34.8. The molecule has 4 fully saturated rings. The maximum Gasteiger partial charge on any atom is 0.320 e. The van der Waals surface area contributed by atoms with Gasteiger partial charge in [-0.3, -0.25) is 14.7 Å². The molecule has 0 aliphatic heterocycles. The topological polar surface area (TPSA) is 134 Å². The number of hydrogen-bond donors (Lipinski definition) is 1. The Hall–Kier alpha value is -3.11. The molecular formula is C33H47N2O9P. The minimum absolute atomic E-state index is 0.00522. The van der Waals surface area contributed by atoms with Gasteiger partial charge in [-0.25, -0.2) is 0 Å². The Morgan fingerprint density at radius 2 is 1.49 bits per heavy atom. The van der Waals surface area contributed by atoms with E-state index in [-0.39, 0.29) is 28.5 Å². The Labute approximate surface area is 266 Å². The van der Waals surface area contributed by atoms with Crippen LogP contribution in [-0.4, -0.2) is 45.9 Å². The molecule has 1 unspecified atom stereocenters. The van der Waals surface area contributed by atoms with E-state index in [2.05, 4.69) is 20.8 Å². The zero-order valence-corrected chi connectivity index (χ0v) is 28.1. The maximum absolute atomic E-state index is 12.7. The molecule has 45 heavy (non-hydrogen) atoms. The Kier molecular flexibility index (Phi) is 11.9. The van der Waals surface area contributed by atoms with Crippen LogP contribution in [0.2, 0.25) is 0 Å². The highest BCUT2D eigenvalue weighted by molar-refractivity contribution is 7.46. The van der Waals surface area contributed by atoms with Crippen LogP contribution >= 0.6 is 7.82 Å². The number of nitrogens with zero attached hydrogens (tertiary/aromatic N) is 1. The third kappa shape index (κ3) is 8.38. The highest BCUT2D eigenvalue weighted by atomic mass is 31.2. The van der Waals surface area contributed by atoms with Gasteiger partial charge >= 0.3 is 7.82 Å². The van der Waals surface area contributed by atoms with Gasteiger partial charge in [0.2, 0.25) is 0 Å². The molecule has 12 heteroatoms. The fourth-order valence-electron chi connectivity index (χ4n) is 7.41. The number of methoxy groups -OCH3 is 3. The van der Waals surface area contributed by atoms with Crippen molar-refractivity contribution in [1.82, 2.24) is 0 Å². The lowest BCUT2D eigenvalue weighted by atomic mass is 9.54. The van der Waals surface area contributed by atoms with Crippen LogP contribution in [0.4, 0.5) is 5.69 Å². The SMILES string of the molecule is CC[NH+](CC)CC.COC(=C1C2CC3CC(C2)CC1C3)c1cccc(OP(=O)([O-])OCc2cc(OC)c(OC)cc2[N+](=O)[O-])c1. The van der Waals surface area contributed by atoms with E-state index in [0.29, 0.717) is 11.8 Å². The summed E-state index contributed by atoms with van der Waals surface area (Å²) in [6, 6.07) is 9.20. The van der Waals surface area contributed by atoms with Crippen molar-refractivity contribution in [2.45, 2.75) is 59.5 Å². The molecule has 248 valence electrons. The van der Waals surface area contributed by atoms with Crippen LogP contribution in [0.25, 0.3) is 5.76 Å². The van der Waals surface area contributed by atoms with Crippen molar-refractivity contribution in [2.24, 2.45) is 23.7 Å². The van der Waals surface area contributed by atoms with Gasteiger partial charge in [0.15, 0.2) is 11.5 Å². The lowest BCUT2D eigenvalue weighted by molar-refractivity contribution is -0.894. The molecule has 0 amide bonds. The summed E-state index contributed by atoms with van der Waals surface area (Å²) in [5.74, 6) is 3.85. The van der Waals surface area contributed by atoms with Crippen LogP contribution in [0.5, 0.6) is 17.2 Å². The molecule has 4 aliphatic carbocycles. The van der Waals surface area contributed by atoms with Crippen molar-refractivity contribution in [2.75, 3.05) is 41.0 Å². The van der Waals surface area contributed by atoms with E-state index < -0.39 is 19.4 Å². The minimum atomic E-state index is -4.89. The Balaban J connectivity index is 0.000000591. The van der Waals surface area contributed by atoms with Gasteiger partial charge in [-0.2, -0.15) is 0 Å². The highest BCUT2D eigenvalue weighted by Gasteiger charge is 2.46. The molecule has 4 saturated carbocycles. The average Bonchev–Trinajstić information content (AvgIpc) is 3.02. The van der Waals surface area contributed by atoms with Gasteiger partial charge in [0.25, 0.3) is 5.69 Å². The number of phosphoric acid groups is 1. The van der Waals surface area contributed by atoms with Crippen LogP contribution in [0, 0.1) is 33.8 Å². The van der Waals surface area contributed by atoms with Gasteiger partial charge < -0.3 is 33.1 Å². The van der Waals surface area contributed by atoms with Crippen molar-refractivity contribution in [3.63, 3.8) is 0 Å². The highest BCUT2D eigenvalue weighted by Crippen LogP contribution is 2.58. The molecule has 11 nitrogen and oxygen atoms in total. The van der Waals surface area contributed by atoms with E-state index in [4.69, 9.17) is 23.3 Å². The molecule has 0 spiro atoms. The Bertz CT molecular complexity index is 1370. The normalized spacial score (nSPS) is 22.7. The quantitative estimate of drug-likeness (QED) is 0.131. The lowest BCUT2D eigenvalue weighted by Crippen LogP contribution is -3.11. The first-order chi connectivity index (χ1) is 21.6. The zero-order valence-electron chi connectivity index (χ0n) is 27.2. The number of nitro groups is 1. The smallest absolute Gasteiger partial charge is 0.320 e. The Morgan fingerprint density at radius 1 is 0.911 bits per heavy atom. The van der Waals surface area contributed by atoms with E-state index >= 15 is 0 Å². The van der Waals surface area contributed by atoms with Crippen LogP contribution < -0.4 is 23.8 Å². The van der Waals surface area contributed by atoms with Crippen molar-refractivity contribution >= 4 is 19.3 Å². The molecule has 4 bridgehead atoms. The molecule has 6 rings (SSSR count). The summed E-state index contributed by atoms with van der Waals surface area (Å²) in [6.45, 7) is 9.87. The molecular weight excluding hydrogens is 599 g/mol. The third-order valence-corrected chi connectivity index (χ3v) is 10.3. The molecule has 0 aromatic heterocycles. The zero-order chi connectivity index (χ0) is 32.7. The van der Waals surface area contributed by atoms with Crippen molar-refractivity contribution in [3.05, 3.63) is 63.2 Å². The fourth-order valence-corrected chi connectivity index (χ4v) is 8.13. The maximum atomic E-state index is 12.7. The van der Waals surface area contributed by atoms with Gasteiger partial charge in [-0.15, -0.1) is 0 Å². The number of hydrogen-bond acceptors (Lipinski definition) is 9. The number of nitro benzene ring substituents is 1. The first-order valence-electron chi connectivity index (χ1n) is 15.8. The second kappa shape index (κ2) is 15.5. The molecule has 0 heterocycles. The molecule has 4 aliphatic rings. The van der Waals surface area contributed by atoms with Gasteiger partial charge in [0.05, 0.1) is 64.1 Å². The van der Waals surface area contributed by atoms with Gasteiger partial charge in [0, 0.05) is 5.56 Å². The van der Waals surface area contributed by atoms with E-state index in [0.717, 1.165) is 29.2 Å². The van der Waals surface area contributed by atoms with E-state index in [9.17, 15) is 19.6 Å². The third-order valence-electron chi connectivity index (χ3n) is 9.46. The van der Waals surface area contributed by atoms with Gasteiger partial charge in [-0.1, -0.05) is 12.1 Å². The van der Waals surface area contributed by atoms with Crippen LogP contribution in [0.3, 0.4) is 0 Å². The summed E-state index contributed by atoms with van der Waals surface area (Å²) in [6.07, 6.45) is 6.11. The average molecular weight is 647 g/mol. The van der Waals surface area contributed by atoms with Crippen LogP contribution in [0.1, 0.15) is 64.0 Å². The number of rotatable bonds is 13. The number of nitrogens with one attached hydrogen (secondary N) is 1. The van der Waals surface area contributed by atoms with Crippen molar-refractivity contribution in [3.8, 4) is 17.2 Å². The van der Waals surface area contributed by atoms with E-state index in [1.54, 1.807) is 24.1 Å². The summed E-state index contributed by atoms with van der Waals surface area (Å²) >= 11 is 0. The molecule has 2 aromatic carbocycles. The largest absolute Gasteiger partial charge is 0.746 e. The fraction of sp³-hybridized carbons (Fsp3) is 0.576. The number of benzene rings is 2. The monoisotopic (exact) mass is 646 g/mol. The molecule has 0 radical (unpaired) electrons. The van der Waals surface area contributed by atoms with E-state index in [1.165, 1.54) is 83.7 Å². The summed E-state index contributed by atoms with van der Waals surface area (Å²) in [5.41, 5.74) is 1.73. The van der Waals surface area contributed by atoms with Crippen molar-refractivity contribution in [1.29, 1.82) is 0 Å². The predicted molar refractivity (Wildman–Crippen MR) is 169 cm³/mol. The van der Waals surface area contributed by atoms with Crippen LogP contribution in [0.15, 0.2) is 42.0 Å². The summed E-state index contributed by atoms with van der Waals surface area (Å²) in [5, 5.41) is 11.5. The summed E-state index contributed by atoms with van der Waals surface area (Å²) < 4.78 is 39.1. The number of ether oxygens (including phenoxy) is 3. The summed E-state index contributed by atoms with van der Waals surface area (Å²) in [7, 11) is -0.517. The summed E-state index contributed by atoms with van der Waals surface area (Å²) in [4.78, 5) is 25.2. The number of quaternary nitrogens is 1. The lowest BCUT2D eigenvalue weighted by Gasteiger charge is -2.51. The molecule has 1 atom stereocenters. The van der Waals surface area contributed by atoms with E-state index in [1.807, 2.05) is 6.07 Å². The standard InChI is InChI=1S/C27H32NO9P.C6H15N/c1-33-24-13-21(23(28(29)30)14-25(24)34-2)15-36-38(31,32)37-22-6-4-5-18(12-22)27(35-3)26-19-8-16-7-17(10-19)11-20(26)9-16;1-4-7(5-2)6-3/h4-6,12-14,16-17,19-20H,7-11,15H2,1-3H3,(H,31,32);4-6H2,1-3H3. The molecule has 1 N–H and O–H groups in total. The number of phosphoric ester groups is 1. The molecule has 0 saturated heterocycles. The second-order valence-electron chi connectivity index (χ2n) is 12.0. The van der Waals surface area contributed by atoms with Gasteiger partial charge in [-0.05, 0) is 100 Å².